The molecule has 0 saturated heterocycles. The van der Waals surface area contributed by atoms with E-state index in [0.29, 0.717) is 32.5 Å². The highest BCUT2D eigenvalue weighted by molar-refractivity contribution is 5.17. The van der Waals surface area contributed by atoms with Crippen LogP contribution in [0.2, 0.25) is 0 Å². The zero-order chi connectivity index (χ0) is 14.6. The Morgan fingerprint density at radius 2 is 1.70 bits per heavy atom. The van der Waals surface area contributed by atoms with Gasteiger partial charge in [0.15, 0.2) is 0 Å². The molecule has 0 aromatic heterocycles. The van der Waals surface area contributed by atoms with E-state index in [4.69, 9.17) is 14.2 Å². The standard InChI is InChI=1S/C16H27NO3/c1-14(2)17-13-16(15-7-5-4-6-8-15)20-12-11-19-10-9-18-3/h4-8,14,16-17H,9-13H2,1-3H3. The molecule has 0 aliphatic carbocycles. The molecular formula is C16H27NO3. The SMILES string of the molecule is COCCOCCOC(CNC(C)C)c1ccccc1. The second kappa shape index (κ2) is 10.8. The number of ether oxygens (including phenoxy) is 3. The van der Waals surface area contributed by atoms with Crippen LogP contribution in [0.3, 0.4) is 0 Å². The number of benzene rings is 1. The molecule has 1 unspecified atom stereocenters. The van der Waals surface area contributed by atoms with Crippen LogP contribution in [-0.2, 0) is 14.2 Å². The fourth-order valence-corrected chi connectivity index (χ4v) is 1.78. The van der Waals surface area contributed by atoms with Crippen molar-refractivity contribution in [2.45, 2.75) is 26.0 Å². The van der Waals surface area contributed by atoms with Crippen molar-refractivity contribution in [3.63, 3.8) is 0 Å². The Bertz CT molecular complexity index is 330. The highest BCUT2D eigenvalue weighted by atomic mass is 16.5. The minimum absolute atomic E-state index is 0.0598. The van der Waals surface area contributed by atoms with E-state index in [9.17, 15) is 0 Å². The molecule has 0 radical (unpaired) electrons. The molecule has 20 heavy (non-hydrogen) atoms. The molecule has 0 aliphatic heterocycles. The molecule has 1 N–H and O–H groups in total. The molecule has 0 bridgehead atoms. The molecule has 0 saturated carbocycles. The second-order valence-corrected chi connectivity index (χ2v) is 4.94. The minimum Gasteiger partial charge on any atom is -0.382 e. The van der Waals surface area contributed by atoms with Gasteiger partial charge in [0.2, 0.25) is 0 Å². The minimum atomic E-state index is 0.0598. The first kappa shape index (κ1) is 17.1. The highest BCUT2D eigenvalue weighted by Crippen LogP contribution is 2.16. The predicted octanol–water partition coefficient (Wildman–Crippen LogP) is 2.41. The molecular weight excluding hydrogens is 254 g/mol. The summed E-state index contributed by atoms with van der Waals surface area (Å²) in [6.07, 6.45) is 0.0598. The van der Waals surface area contributed by atoms with Crippen LogP contribution >= 0.6 is 0 Å². The number of hydrogen-bond donors (Lipinski definition) is 1. The zero-order valence-electron chi connectivity index (χ0n) is 12.8. The molecule has 114 valence electrons. The molecule has 4 nitrogen and oxygen atoms in total. The fraction of sp³-hybridized carbons (Fsp3) is 0.625. The Morgan fingerprint density at radius 1 is 1.00 bits per heavy atom. The summed E-state index contributed by atoms with van der Waals surface area (Å²) in [5.41, 5.74) is 1.19. The number of hydrogen-bond acceptors (Lipinski definition) is 4. The number of nitrogens with one attached hydrogen (secondary N) is 1. The van der Waals surface area contributed by atoms with Crippen molar-refractivity contribution in [2.24, 2.45) is 0 Å². The van der Waals surface area contributed by atoms with Crippen LogP contribution in [0.15, 0.2) is 30.3 Å². The second-order valence-electron chi connectivity index (χ2n) is 4.94. The Morgan fingerprint density at radius 3 is 2.35 bits per heavy atom. The van der Waals surface area contributed by atoms with Gasteiger partial charge in [-0.3, -0.25) is 0 Å². The van der Waals surface area contributed by atoms with Crippen molar-refractivity contribution in [2.75, 3.05) is 40.1 Å². The first-order valence-corrected chi connectivity index (χ1v) is 7.20. The Kier molecular flexibility index (Phi) is 9.24. The van der Waals surface area contributed by atoms with Crippen molar-refractivity contribution < 1.29 is 14.2 Å². The molecule has 1 atom stereocenters. The van der Waals surface area contributed by atoms with Gasteiger partial charge < -0.3 is 19.5 Å². The van der Waals surface area contributed by atoms with E-state index in [-0.39, 0.29) is 6.10 Å². The lowest BCUT2D eigenvalue weighted by Gasteiger charge is -2.20. The summed E-state index contributed by atoms with van der Waals surface area (Å²) in [7, 11) is 1.67. The quantitative estimate of drug-likeness (QED) is 0.632. The van der Waals surface area contributed by atoms with Gasteiger partial charge in [0, 0.05) is 19.7 Å². The van der Waals surface area contributed by atoms with Crippen LogP contribution in [0.1, 0.15) is 25.5 Å². The van der Waals surface area contributed by atoms with Gasteiger partial charge in [-0.05, 0) is 5.56 Å². The van der Waals surface area contributed by atoms with Crippen LogP contribution in [-0.4, -0.2) is 46.1 Å². The first-order chi connectivity index (χ1) is 9.74. The van der Waals surface area contributed by atoms with E-state index >= 15 is 0 Å². The molecule has 0 fully saturated rings. The number of rotatable bonds is 11. The summed E-state index contributed by atoms with van der Waals surface area (Å²) >= 11 is 0. The predicted molar refractivity (Wildman–Crippen MR) is 81.0 cm³/mol. The molecule has 1 aromatic carbocycles. The maximum atomic E-state index is 5.93. The van der Waals surface area contributed by atoms with Crippen molar-refractivity contribution in [1.82, 2.24) is 5.32 Å². The third-order valence-electron chi connectivity index (χ3n) is 2.86. The van der Waals surface area contributed by atoms with Crippen LogP contribution in [0.4, 0.5) is 0 Å². The van der Waals surface area contributed by atoms with Gasteiger partial charge in [0.05, 0.1) is 32.5 Å². The average molecular weight is 281 g/mol. The first-order valence-electron chi connectivity index (χ1n) is 7.20. The van der Waals surface area contributed by atoms with Gasteiger partial charge >= 0.3 is 0 Å². The molecule has 0 spiro atoms. The average Bonchev–Trinajstić information content (AvgIpc) is 2.46. The smallest absolute Gasteiger partial charge is 0.0950 e. The largest absolute Gasteiger partial charge is 0.382 e. The highest BCUT2D eigenvalue weighted by Gasteiger charge is 2.11. The van der Waals surface area contributed by atoms with E-state index in [0.717, 1.165) is 6.54 Å². The normalized spacial score (nSPS) is 12.8. The summed E-state index contributed by atoms with van der Waals surface area (Å²) < 4.78 is 16.3. The molecule has 0 amide bonds. The Hall–Kier alpha value is -0.940. The summed E-state index contributed by atoms with van der Waals surface area (Å²) in [5.74, 6) is 0. The lowest BCUT2D eigenvalue weighted by Crippen LogP contribution is -2.29. The van der Waals surface area contributed by atoms with Crippen molar-refractivity contribution in [3.05, 3.63) is 35.9 Å². The van der Waals surface area contributed by atoms with Gasteiger partial charge in [-0.1, -0.05) is 44.2 Å². The van der Waals surface area contributed by atoms with Gasteiger partial charge in [-0.25, -0.2) is 0 Å². The van der Waals surface area contributed by atoms with E-state index in [1.54, 1.807) is 7.11 Å². The van der Waals surface area contributed by atoms with Gasteiger partial charge in [0.25, 0.3) is 0 Å². The molecule has 1 rings (SSSR count). The zero-order valence-corrected chi connectivity index (χ0v) is 12.8. The van der Waals surface area contributed by atoms with E-state index in [1.165, 1.54) is 5.56 Å². The monoisotopic (exact) mass is 281 g/mol. The van der Waals surface area contributed by atoms with E-state index < -0.39 is 0 Å². The molecule has 4 heteroatoms. The van der Waals surface area contributed by atoms with Gasteiger partial charge in [-0.15, -0.1) is 0 Å². The van der Waals surface area contributed by atoms with Crippen LogP contribution in [0, 0.1) is 0 Å². The Balaban J connectivity index is 2.35. The lowest BCUT2D eigenvalue weighted by molar-refractivity contribution is -0.00737. The maximum absolute atomic E-state index is 5.93. The third kappa shape index (κ3) is 7.60. The summed E-state index contributed by atoms with van der Waals surface area (Å²) in [6.45, 7) is 7.49. The summed E-state index contributed by atoms with van der Waals surface area (Å²) in [6, 6.07) is 10.7. The summed E-state index contributed by atoms with van der Waals surface area (Å²) in [5, 5.41) is 3.42. The lowest BCUT2D eigenvalue weighted by atomic mass is 10.1. The topological polar surface area (TPSA) is 39.7 Å². The van der Waals surface area contributed by atoms with Crippen molar-refractivity contribution in [1.29, 1.82) is 0 Å². The summed E-state index contributed by atoms with van der Waals surface area (Å²) in [4.78, 5) is 0. The van der Waals surface area contributed by atoms with Gasteiger partial charge in [0.1, 0.15) is 0 Å². The van der Waals surface area contributed by atoms with Crippen molar-refractivity contribution in [3.8, 4) is 0 Å². The molecule has 0 heterocycles. The van der Waals surface area contributed by atoms with E-state index in [1.807, 2.05) is 18.2 Å². The third-order valence-corrected chi connectivity index (χ3v) is 2.86. The van der Waals surface area contributed by atoms with Crippen LogP contribution < -0.4 is 5.32 Å². The fourth-order valence-electron chi connectivity index (χ4n) is 1.78. The molecule has 0 aliphatic rings. The van der Waals surface area contributed by atoms with Crippen molar-refractivity contribution >= 4 is 0 Å². The van der Waals surface area contributed by atoms with Crippen LogP contribution in [0.5, 0.6) is 0 Å². The van der Waals surface area contributed by atoms with Gasteiger partial charge in [-0.2, -0.15) is 0 Å². The maximum Gasteiger partial charge on any atom is 0.0950 e. The van der Waals surface area contributed by atoms with E-state index in [2.05, 4.69) is 31.3 Å². The molecule has 1 aromatic rings. The number of methoxy groups -OCH3 is 1. The van der Waals surface area contributed by atoms with Crippen LogP contribution in [0.25, 0.3) is 0 Å². The Labute approximate surface area is 122 Å².